The Kier molecular flexibility index (Phi) is 7.28. The molecule has 0 saturated heterocycles. The van der Waals surface area contributed by atoms with Crippen molar-refractivity contribution in [1.29, 1.82) is 0 Å². The summed E-state index contributed by atoms with van der Waals surface area (Å²) in [7, 11) is 1.38. The van der Waals surface area contributed by atoms with E-state index in [-0.39, 0.29) is 23.4 Å². The SMILES string of the molecule is COC(=O)C1CCC(CNC(O)c2cc(C(F)(F)F)cc3ccn(Cc4ccc5ncc#cc5c4)c23)CC1. The third-order valence-electron chi connectivity index (χ3n) is 7.38. The van der Waals surface area contributed by atoms with E-state index in [2.05, 4.69) is 22.4 Å². The van der Waals surface area contributed by atoms with Gasteiger partial charge in [0.15, 0.2) is 0 Å². The molecule has 2 heterocycles. The van der Waals surface area contributed by atoms with Crippen molar-refractivity contribution in [3.8, 4) is 0 Å². The molecule has 198 valence electrons. The van der Waals surface area contributed by atoms with Crippen LogP contribution in [0.1, 0.15) is 48.6 Å². The fraction of sp³-hybridized carbons (Fsp3) is 0.379. The number of nitrogens with zero attached hydrogens (tertiary/aromatic N) is 2. The Morgan fingerprint density at radius 2 is 2.00 bits per heavy atom. The monoisotopic (exact) mass is 523 g/mol. The molecule has 5 rings (SSSR count). The Hall–Kier alpha value is -3.61. The first-order valence-corrected chi connectivity index (χ1v) is 12.6. The quantitative estimate of drug-likeness (QED) is 0.250. The van der Waals surface area contributed by atoms with Gasteiger partial charge in [-0.15, -0.1) is 0 Å². The third-order valence-corrected chi connectivity index (χ3v) is 7.38. The van der Waals surface area contributed by atoms with E-state index in [0.717, 1.165) is 41.4 Å². The number of nitrogens with one attached hydrogen (secondary N) is 1. The minimum Gasteiger partial charge on any atom is -0.469 e. The molecule has 0 radical (unpaired) electrons. The van der Waals surface area contributed by atoms with Crippen LogP contribution in [0.2, 0.25) is 0 Å². The first kappa shape index (κ1) is 26.0. The number of fused-ring (bicyclic) bond motifs is 2. The summed E-state index contributed by atoms with van der Waals surface area (Å²) < 4.78 is 47.8. The van der Waals surface area contributed by atoms with Gasteiger partial charge in [0.05, 0.1) is 41.2 Å². The zero-order valence-corrected chi connectivity index (χ0v) is 20.9. The van der Waals surface area contributed by atoms with Gasteiger partial charge in [0.2, 0.25) is 0 Å². The largest absolute Gasteiger partial charge is 0.469 e. The number of carbonyl (C=O) groups excluding carboxylic acids is 1. The molecular weight excluding hydrogens is 495 g/mol. The molecule has 1 atom stereocenters. The Bertz CT molecular complexity index is 1440. The molecule has 6 nitrogen and oxygen atoms in total. The van der Waals surface area contributed by atoms with Gasteiger partial charge in [-0.25, -0.2) is 4.98 Å². The predicted molar refractivity (Wildman–Crippen MR) is 136 cm³/mol. The zero-order chi connectivity index (χ0) is 26.9. The second kappa shape index (κ2) is 10.6. The summed E-state index contributed by atoms with van der Waals surface area (Å²) in [4.78, 5) is 16.0. The summed E-state index contributed by atoms with van der Waals surface area (Å²) in [6.07, 6.45) is 0.386. The van der Waals surface area contributed by atoms with E-state index in [4.69, 9.17) is 4.74 Å². The number of benzene rings is 2. The van der Waals surface area contributed by atoms with Crippen molar-refractivity contribution >= 4 is 27.8 Å². The molecule has 1 aliphatic carbocycles. The Morgan fingerprint density at radius 1 is 1.21 bits per heavy atom. The lowest BCUT2D eigenvalue weighted by Crippen LogP contribution is -2.31. The maximum Gasteiger partial charge on any atom is 0.416 e. The number of rotatable bonds is 7. The molecule has 2 N–H and O–H groups in total. The maximum absolute atomic E-state index is 13.7. The fourth-order valence-electron chi connectivity index (χ4n) is 5.35. The summed E-state index contributed by atoms with van der Waals surface area (Å²) >= 11 is 0. The van der Waals surface area contributed by atoms with Crippen LogP contribution in [0.25, 0.3) is 21.8 Å². The summed E-state index contributed by atoms with van der Waals surface area (Å²) in [5.41, 5.74) is 1.60. The highest BCUT2D eigenvalue weighted by molar-refractivity contribution is 5.85. The lowest BCUT2D eigenvalue weighted by atomic mass is 9.82. The van der Waals surface area contributed by atoms with Gasteiger partial charge in [0, 0.05) is 30.2 Å². The molecule has 1 aliphatic rings. The number of hydrogen-bond donors (Lipinski definition) is 2. The number of aliphatic hydroxyl groups is 1. The predicted octanol–water partition coefficient (Wildman–Crippen LogP) is 5.42. The number of methoxy groups -OCH3 is 1. The summed E-state index contributed by atoms with van der Waals surface area (Å²) in [5, 5.41) is 15.3. The maximum atomic E-state index is 13.7. The van der Waals surface area contributed by atoms with E-state index in [1.54, 1.807) is 18.5 Å². The van der Waals surface area contributed by atoms with Crippen molar-refractivity contribution < 1.29 is 27.8 Å². The second-order valence-corrected chi connectivity index (χ2v) is 9.88. The molecule has 2 aromatic carbocycles. The number of halogens is 3. The standard InChI is InChI=1S/C29H28F3N3O3/c1-38-28(37)20-7-4-18(5-8-20)16-34-27(36)24-15-23(29(30,31)32)14-22-10-12-35(26(22)24)17-19-6-9-25-21(13-19)3-2-11-33-25/h6,9-15,18,20,27,34,36H,4-5,7-8,16-17H2,1H3. The van der Waals surface area contributed by atoms with Crippen molar-refractivity contribution in [2.75, 3.05) is 13.7 Å². The molecule has 0 bridgehead atoms. The highest BCUT2D eigenvalue weighted by atomic mass is 19.4. The van der Waals surface area contributed by atoms with Crippen LogP contribution in [0.15, 0.2) is 48.8 Å². The molecule has 1 fully saturated rings. The van der Waals surface area contributed by atoms with E-state index >= 15 is 0 Å². The van der Waals surface area contributed by atoms with E-state index in [1.165, 1.54) is 7.11 Å². The van der Waals surface area contributed by atoms with Crippen LogP contribution in [0, 0.1) is 24.0 Å². The van der Waals surface area contributed by atoms with Gasteiger partial charge in [0.1, 0.15) is 6.23 Å². The number of aliphatic hydroxyl groups excluding tert-OH is 1. The van der Waals surface area contributed by atoms with Crippen LogP contribution in [0.4, 0.5) is 13.2 Å². The molecular formula is C29H28F3N3O3. The van der Waals surface area contributed by atoms with Crippen LogP contribution < -0.4 is 5.32 Å². The van der Waals surface area contributed by atoms with Gasteiger partial charge < -0.3 is 14.4 Å². The first-order valence-electron chi connectivity index (χ1n) is 12.6. The van der Waals surface area contributed by atoms with Gasteiger partial charge in [0.25, 0.3) is 0 Å². The highest BCUT2D eigenvalue weighted by Crippen LogP contribution is 2.36. The Balaban J connectivity index is 1.40. The van der Waals surface area contributed by atoms with Crippen LogP contribution >= 0.6 is 0 Å². The van der Waals surface area contributed by atoms with E-state index < -0.39 is 18.0 Å². The molecule has 1 unspecified atom stereocenters. The van der Waals surface area contributed by atoms with Gasteiger partial charge in [-0.3, -0.25) is 10.1 Å². The molecule has 0 aliphatic heterocycles. The number of ether oxygens (including phenoxy) is 1. The fourth-order valence-corrected chi connectivity index (χ4v) is 5.35. The van der Waals surface area contributed by atoms with Crippen LogP contribution in [0.3, 0.4) is 0 Å². The van der Waals surface area contributed by atoms with Gasteiger partial charge >= 0.3 is 12.1 Å². The number of esters is 1. The van der Waals surface area contributed by atoms with Gasteiger partial charge in [-0.1, -0.05) is 12.1 Å². The number of hydrogen-bond acceptors (Lipinski definition) is 5. The van der Waals surface area contributed by atoms with Crippen molar-refractivity contribution in [2.24, 2.45) is 11.8 Å². The van der Waals surface area contributed by atoms with Gasteiger partial charge in [-0.2, -0.15) is 13.2 Å². The average Bonchev–Trinajstić information content (AvgIpc) is 3.33. The van der Waals surface area contributed by atoms with Crippen LogP contribution in [-0.2, 0) is 22.3 Å². The molecule has 0 spiro atoms. The molecule has 1 saturated carbocycles. The first-order chi connectivity index (χ1) is 18.2. The third kappa shape index (κ3) is 5.47. The topological polar surface area (TPSA) is 76.4 Å². The van der Waals surface area contributed by atoms with Crippen molar-refractivity contribution in [3.63, 3.8) is 0 Å². The van der Waals surface area contributed by atoms with Gasteiger partial charge in [-0.05, 0) is 73.6 Å². The Morgan fingerprint density at radius 3 is 2.74 bits per heavy atom. The smallest absolute Gasteiger partial charge is 0.416 e. The minimum atomic E-state index is -4.55. The Labute approximate surface area is 218 Å². The van der Waals surface area contributed by atoms with E-state index in [1.807, 2.05) is 22.8 Å². The number of alkyl halides is 3. The minimum absolute atomic E-state index is 0.117. The molecule has 4 aromatic rings. The molecule has 2 aromatic heterocycles. The molecule has 9 heteroatoms. The van der Waals surface area contributed by atoms with E-state index in [9.17, 15) is 23.1 Å². The summed E-state index contributed by atoms with van der Waals surface area (Å²) in [6, 6.07) is 15.3. The van der Waals surface area contributed by atoms with E-state index in [0.29, 0.717) is 36.8 Å². The summed E-state index contributed by atoms with van der Waals surface area (Å²) in [6.45, 7) is 0.822. The number of aromatic nitrogens is 2. The van der Waals surface area contributed by atoms with Crippen LogP contribution in [0.5, 0.6) is 0 Å². The number of carbonyl (C=O) groups is 1. The summed E-state index contributed by atoms with van der Waals surface area (Å²) in [5.74, 6) is -0.117. The molecule has 0 amide bonds. The van der Waals surface area contributed by atoms with Crippen LogP contribution in [-0.4, -0.2) is 34.3 Å². The average molecular weight is 524 g/mol. The highest BCUT2D eigenvalue weighted by Gasteiger charge is 2.33. The van der Waals surface area contributed by atoms with Crippen molar-refractivity contribution in [2.45, 2.75) is 44.6 Å². The lowest BCUT2D eigenvalue weighted by molar-refractivity contribution is -0.146. The normalized spacial score (nSPS) is 18.9. The van der Waals surface area contributed by atoms with Crippen molar-refractivity contribution in [3.05, 3.63) is 77.6 Å². The molecule has 38 heavy (non-hydrogen) atoms. The lowest BCUT2D eigenvalue weighted by Gasteiger charge is -2.28. The zero-order valence-electron chi connectivity index (χ0n) is 20.9. The second-order valence-electron chi connectivity index (χ2n) is 9.88. The van der Waals surface area contributed by atoms with Crippen molar-refractivity contribution in [1.82, 2.24) is 14.9 Å².